The van der Waals surface area contributed by atoms with Crippen molar-refractivity contribution in [1.29, 1.82) is 0 Å². The average molecular weight is 839 g/mol. The molecule has 0 aliphatic carbocycles. The van der Waals surface area contributed by atoms with Crippen LogP contribution in [0.5, 0.6) is 0 Å². The van der Waals surface area contributed by atoms with Crippen LogP contribution in [0.1, 0.15) is 252 Å². The smallest absolute Gasteiger partial charge is 0.306 e. The molecule has 0 heterocycles. The molecular formula is C55H98O5. The summed E-state index contributed by atoms with van der Waals surface area (Å²) in [7, 11) is 0. The lowest BCUT2D eigenvalue weighted by Gasteiger charge is -2.18. The molecule has 0 bridgehead atoms. The standard InChI is InChI=1S/C55H98O5/c1-4-7-10-13-16-19-22-24-26-27-28-29-30-31-34-36-39-42-45-48-54(56)59-52-53(60-55(57)49-46-43-40-37-33-21-18-15-12-9-6-3)51-58-50-47-44-41-38-35-32-25-23-20-17-14-11-8-5-2/h11,14,16,19-20,23-24,26,28-29,53H,4-10,12-13,15,17-18,21-22,25,27,30-52H2,1-3H3/b14-11-,19-16-,23-20-,26-24-,29-28-. The van der Waals surface area contributed by atoms with Gasteiger partial charge in [0.2, 0.25) is 0 Å². The first-order valence-corrected chi connectivity index (χ1v) is 25.8. The molecule has 0 amide bonds. The second kappa shape index (κ2) is 51.0. The van der Waals surface area contributed by atoms with Gasteiger partial charge in [0, 0.05) is 19.4 Å². The van der Waals surface area contributed by atoms with Crippen LogP contribution >= 0.6 is 0 Å². The topological polar surface area (TPSA) is 61.8 Å². The molecule has 0 saturated carbocycles. The molecule has 0 aliphatic heterocycles. The van der Waals surface area contributed by atoms with Crippen molar-refractivity contribution in [3.63, 3.8) is 0 Å². The van der Waals surface area contributed by atoms with E-state index in [9.17, 15) is 9.59 Å². The largest absolute Gasteiger partial charge is 0.462 e. The fraction of sp³-hybridized carbons (Fsp3) is 0.782. The summed E-state index contributed by atoms with van der Waals surface area (Å²) in [5.41, 5.74) is 0. The highest BCUT2D eigenvalue weighted by atomic mass is 16.6. The Labute approximate surface area is 373 Å². The van der Waals surface area contributed by atoms with Crippen molar-refractivity contribution in [2.75, 3.05) is 19.8 Å². The maximum Gasteiger partial charge on any atom is 0.306 e. The van der Waals surface area contributed by atoms with Crippen molar-refractivity contribution in [2.45, 2.75) is 258 Å². The second-order valence-electron chi connectivity index (χ2n) is 17.1. The van der Waals surface area contributed by atoms with Crippen molar-refractivity contribution in [3.8, 4) is 0 Å². The SMILES string of the molecule is CCC/C=C\C/C=C\CCCCCCCCOCC(COC(=O)CCCCCCCC/C=C\C/C=C\C/C=C\CCCCC)OC(=O)CCCCCCCCCCCCC. The minimum Gasteiger partial charge on any atom is -0.462 e. The molecule has 348 valence electrons. The third-order valence-corrected chi connectivity index (χ3v) is 11.0. The van der Waals surface area contributed by atoms with Crippen molar-refractivity contribution < 1.29 is 23.8 Å². The first kappa shape index (κ1) is 57.6. The summed E-state index contributed by atoms with van der Waals surface area (Å²) in [6.45, 7) is 7.72. The van der Waals surface area contributed by atoms with E-state index >= 15 is 0 Å². The highest BCUT2D eigenvalue weighted by Gasteiger charge is 2.17. The molecule has 0 aromatic carbocycles. The van der Waals surface area contributed by atoms with Crippen molar-refractivity contribution in [3.05, 3.63) is 60.8 Å². The normalized spacial score (nSPS) is 12.7. The maximum absolute atomic E-state index is 12.8. The van der Waals surface area contributed by atoms with Crippen LogP contribution in [-0.2, 0) is 23.8 Å². The van der Waals surface area contributed by atoms with E-state index in [0.29, 0.717) is 19.4 Å². The fourth-order valence-corrected chi connectivity index (χ4v) is 7.14. The lowest BCUT2D eigenvalue weighted by molar-refractivity contribution is -0.163. The van der Waals surface area contributed by atoms with Crippen molar-refractivity contribution >= 4 is 11.9 Å². The maximum atomic E-state index is 12.8. The van der Waals surface area contributed by atoms with E-state index in [1.807, 2.05) is 0 Å². The third kappa shape index (κ3) is 48.3. The number of ether oxygens (including phenoxy) is 3. The molecule has 1 unspecified atom stereocenters. The minimum absolute atomic E-state index is 0.0752. The lowest BCUT2D eigenvalue weighted by atomic mass is 10.1. The summed E-state index contributed by atoms with van der Waals surface area (Å²) >= 11 is 0. The number of unbranched alkanes of at least 4 members (excludes halogenated alkanes) is 26. The zero-order valence-electron chi connectivity index (χ0n) is 40.0. The van der Waals surface area contributed by atoms with Gasteiger partial charge in [-0.3, -0.25) is 9.59 Å². The Hall–Kier alpha value is -2.40. The van der Waals surface area contributed by atoms with Crippen LogP contribution in [0.15, 0.2) is 60.8 Å². The summed E-state index contributed by atoms with van der Waals surface area (Å²) in [6.07, 6.45) is 63.6. The molecule has 60 heavy (non-hydrogen) atoms. The summed E-state index contributed by atoms with van der Waals surface area (Å²) in [4.78, 5) is 25.4. The monoisotopic (exact) mass is 839 g/mol. The van der Waals surface area contributed by atoms with Crippen LogP contribution in [-0.4, -0.2) is 37.9 Å². The molecule has 0 radical (unpaired) electrons. The first-order valence-electron chi connectivity index (χ1n) is 25.8. The van der Waals surface area contributed by atoms with Gasteiger partial charge in [-0.2, -0.15) is 0 Å². The van der Waals surface area contributed by atoms with E-state index in [4.69, 9.17) is 14.2 Å². The van der Waals surface area contributed by atoms with Gasteiger partial charge >= 0.3 is 11.9 Å². The van der Waals surface area contributed by atoms with E-state index < -0.39 is 6.10 Å². The van der Waals surface area contributed by atoms with Gasteiger partial charge < -0.3 is 14.2 Å². The van der Waals surface area contributed by atoms with Crippen molar-refractivity contribution in [1.82, 2.24) is 0 Å². The number of allylic oxidation sites excluding steroid dienone is 10. The average Bonchev–Trinajstić information content (AvgIpc) is 3.25. The first-order chi connectivity index (χ1) is 29.6. The predicted octanol–water partition coefficient (Wildman–Crippen LogP) is 17.3. The molecule has 0 spiro atoms. The van der Waals surface area contributed by atoms with E-state index in [0.717, 1.165) is 70.6 Å². The van der Waals surface area contributed by atoms with E-state index in [2.05, 4.69) is 81.5 Å². The van der Waals surface area contributed by atoms with Crippen LogP contribution in [0.3, 0.4) is 0 Å². The van der Waals surface area contributed by atoms with Gasteiger partial charge in [0.05, 0.1) is 6.61 Å². The molecule has 0 aliphatic rings. The number of esters is 2. The number of carbonyl (C=O) groups excluding carboxylic acids is 2. The van der Waals surface area contributed by atoms with Gasteiger partial charge in [-0.1, -0.05) is 216 Å². The molecule has 0 fully saturated rings. The third-order valence-electron chi connectivity index (χ3n) is 11.0. The van der Waals surface area contributed by atoms with Gasteiger partial charge in [-0.15, -0.1) is 0 Å². The predicted molar refractivity (Wildman–Crippen MR) is 261 cm³/mol. The molecular weight excluding hydrogens is 741 g/mol. The molecule has 0 N–H and O–H groups in total. The van der Waals surface area contributed by atoms with Crippen LogP contribution in [0.2, 0.25) is 0 Å². The van der Waals surface area contributed by atoms with Crippen LogP contribution in [0.4, 0.5) is 0 Å². The highest BCUT2D eigenvalue weighted by molar-refractivity contribution is 5.70. The zero-order chi connectivity index (χ0) is 43.5. The van der Waals surface area contributed by atoms with Gasteiger partial charge in [-0.05, 0) is 83.5 Å². The number of hydrogen-bond donors (Lipinski definition) is 0. The van der Waals surface area contributed by atoms with Gasteiger partial charge in [0.1, 0.15) is 6.61 Å². The van der Waals surface area contributed by atoms with Gasteiger partial charge in [0.15, 0.2) is 6.10 Å². The van der Waals surface area contributed by atoms with E-state index in [-0.39, 0.29) is 25.2 Å². The minimum atomic E-state index is -0.545. The molecule has 0 aromatic heterocycles. The molecule has 0 aromatic rings. The van der Waals surface area contributed by atoms with Crippen LogP contribution in [0.25, 0.3) is 0 Å². The Morgan fingerprint density at radius 3 is 1.22 bits per heavy atom. The van der Waals surface area contributed by atoms with Crippen molar-refractivity contribution in [2.24, 2.45) is 0 Å². The Morgan fingerprint density at radius 1 is 0.367 bits per heavy atom. The van der Waals surface area contributed by atoms with E-state index in [1.54, 1.807) is 0 Å². The van der Waals surface area contributed by atoms with Crippen LogP contribution in [0, 0.1) is 0 Å². The lowest BCUT2D eigenvalue weighted by Crippen LogP contribution is -2.30. The molecule has 5 heteroatoms. The Bertz CT molecular complexity index is 1040. The molecule has 0 saturated heterocycles. The molecule has 5 nitrogen and oxygen atoms in total. The Morgan fingerprint density at radius 2 is 0.733 bits per heavy atom. The Balaban J connectivity index is 4.25. The second-order valence-corrected chi connectivity index (χ2v) is 17.1. The molecule has 0 rings (SSSR count). The molecule has 1 atom stereocenters. The summed E-state index contributed by atoms with van der Waals surface area (Å²) in [5, 5.41) is 0. The number of carbonyl (C=O) groups is 2. The number of hydrogen-bond acceptors (Lipinski definition) is 5. The van der Waals surface area contributed by atoms with E-state index in [1.165, 1.54) is 148 Å². The quantitative estimate of drug-likeness (QED) is 0.0347. The summed E-state index contributed by atoms with van der Waals surface area (Å²) < 4.78 is 17.4. The fourth-order valence-electron chi connectivity index (χ4n) is 7.14. The Kier molecular flexibility index (Phi) is 48.9. The summed E-state index contributed by atoms with van der Waals surface area (Å²) in [5.74, 6) is -0.412. The number of rotatable bonds is 47. The summed E-state index contributed by atoms with van der Waals surface area (Å²) in [6, 6.07) is 0. The van der Waals surface area contributed by atoms with Gasteiger partial charge in [-0.25, -0.2) is 0 Å². The van der Waals surface area contributed by atoms with Crippen LogP contribution < -0.4 is 0 Å². The van der Waals surface area contributed by atoms with Gasteiger partial charge in [0.25, 0.3) is 0 Å². The zero-order valence-corrected chi connectivity index (χ0v) is 40.0. The highest BCUT2D eigenvalue weighted by Crippen LogP contribution is 2.14.